The maximum Gasteiger partial charge on any atom is 0.373 e. The molecule has 2 aromatic rings. The molecule has 1 unspecified atom stereocenters. The second-order valence-electron chi connectivity index (χ2n) is 4.87. The van der Waals surface area contributed by atoms with Gasteiger partial charge in [0, 0.05) is 6.04 Å². The Bertz CT molecular complexity index is 592. The van der Waals surface area contributed by atoms with Crippen LogP contribution < -0.4 is 5.32 Å². The molecular weight excluding hydrogens is 273 g/mol. The monoisotopic (exact) mass is 291 g/mol. The van der Waals surface area contributed by atoms with Crippen LogP contribution in [0.3, 0.4) is 0 Å². The van der Waals surface area contributed by atoms with Gasteiger partial charge >= 0.3 is 5.97 Å². The molecule has 1 aromatic heterocycles. The van der Waals surface area contributed by atoms with Crippen LogP contribution in [0.1, 0.15) is 28.8 Å². The zero-order valence-corrected chi connectivity index (χ0v) is 12.1. The fourth-order valence-corrected chi connectivity index (χ4v) is 2.00. The molecule has 1 atom stereocenters. The third kappa shape index (κ3) is 4.43. The number of carbonyl (C=O) groups excluding carboxylic acids is 1. The van der Waals surface area contributed by atoms with Crippen molar-refractivity contribution in [3.8, 4) is 0 Å². The molecule has 5 heteroatoms. The van der Waals surface area contributed by atoms with E-state index < -0.39 is 5.97 Å². The lowest BCUT2D eigenvalue weighted by Crippen LogP contribution is -2.27. The number of methoxy groups -OCH3 is 1. The molecular formula is C16H18FNO3. The Kier molecular flexibility index (Phi) is 5.11. The molecule has 0 saturated carbocycles. The van der Waals surface area contributed by atoms with E-state index in [1.807, 2.05) is 6.92 Å². The summed E-state index contributed by atoms with van der Waals surface area (Å²) in [6.07, 6.45) is 0.783. The number of hydrogen-bond acceptors (Lipinski definition) is 4. The van der Waals surface area contributed by atoms with Crippen molar-refractivity contribution in [2.24, 2.45) is 0 Å². The van der Waals surface area contributed by atoms with E-state index in [-0.39, 0.29) is 17.6 Å². The predicted octanol–water partition coefficient (Wildman–Crippen LogP) is 2.93. The first-order valence-electron chi connectivity index (χ1n) is 6.73. The molecule has 0 aliphatic heterocycles. The van der Waals surface area contributed by atoms with Crippen molar-refractivity contribution in [1.29, 1.82) is 0 Å². The highest BCUT2D eigenvalue weighted by Crippen LogP contribution is 2.10. The molecule has 0 bridgehead atoms. The largest absolute Gasteiger partial charge is 0.463 e. The van der Waals surface area contributed by atoms with Crippen LogP contribution in [0.5, 0.6) is 0 Å². The number of rotatable bonds is 6. The average Bonchev–Trinajstić information content (AvgIpc) is 2.96. The first-order valence-corrected chi connectivity index (χ1v) is 6.73. The second-order valence-corrected chi connectivity index (χ2v) is 4.87. The van der Waals surface area contributed by atoms with E-state index in [2.05, 4.69) is 10.1 Å². The van der Waals surface area contributed by atoms with Crippen LogP contribution in [0.15, 0.2) is 40.8 Å². The van der Waals surface area contributed by atoms with Gasteiger partial charge in [0.15, 0.2) is 0 Å². The van der Waals surface area contributed by atoms with Crippen molar-refractivity contribution in [3.05, 3.63) is 59.3 Å². The highest BCUT2D eigenvalue weighted by Gasteiger charge is 2.11. The van der Waals surface area contributed by atoms with E-state index in [4.69, 9.17) is 4.42 Å². The standard InChI is InChI=1S/C16H18FNO3/c1-11(9-12-3-5-13(17)6-4-12)18-10-14-7-8-15(21-14)16(19)20-2/h3-8,11,18H,9-10H2,1-2H3. The molecule has 1 aromatic carbocycles. The maximum absolute atomic E-state index is 12.8. The molecule has 21 heavy (non-hydrogen) atoms. The summed E-state index contributed by atoms with van der Waals surface area (Å²) in [6, 6.07) is 9.99. The van der Waals surface area contributed by atoms with Crippen molar-refractivity contribution >= 4 is 5.97 Å². The predicted molar refractivity (Wildman–Crippen MR) is 76.5 cm³/mol. The van der Waals surface area contributed by atoms with Crippen molar-refractivity contribution in [3.63, 3.8) is 0 Å². The second kappa shape index (κ2) is 7.04. The Balaban J connectivity index is 1.83. The van der Waals surface area contributed by atoms with Gasteiger partial charge in [0.05, 0.1) is 13.7 Å². The summed E-state index contributed by atoms with van der Waals surface area (Å²) in [7, 11) is 1.31. The van der Waals surface area contributed by atoms with Gasteiger partial charge in [0.25, 0.3) is 0 Å². The van der Waals surface area contributed by atoms with Gasteiger partial charge in [-0.05, 0) is 43.2 Å². The van der Waals surface area contributed by atoms with Crippen LogP contribution in [-0.2, 0) is 17.7 Å². The molecule has 0 fully saturated rings. The molecule has 0 aliphatic rings. The third-order valence-electron chi connectivity index (χ3n) is 3.13. The van der Waals surface area contributed by atoms with Gasteiger partial charge in [-0.25, -0.2) is 9.18 Å². The number of esters is 1. The molecule has 2 rings (SSSR count). The van der Waals surface area contributed by atoms with Crippen LogP contribution in [-0.4, -0.2) is 19.1 Å². The summed E-state index contributed by atoms with van der Waals surface area (Å²) in [5.74, 6) is 0.146. The minimum Gasteiger partial charge on any atom is -0.463 e. The molecule has 4 nitrogen and oxygen atoms in total. The van der Waals surface area contributed by atoms with Gasteiger partial charge in [0.1, 0.15) is 11.6 Å². The lowest BCUT2D eigenvalue weighted by atomic mass is 10.1. The van der Waals surface area contributed by atoms with Crippen LogP contribution in [0.25, 0.3) is 0 Å². The summed E-state index contributed by atoms with van der Waals surface area (Å²) < 4.78 is 22.8. The van der Waals surface area contributed by atoms with E-state index in [1.54, 1.807) is 24.3 Å². The first kappa shape index (κ1) is 15.3. The van der Waals surface area contributed by atoms with Gasteiger partial charge < -0.3 is 14.5 Å². The van der Waals surface area contributed by atoms with Gasteiger partial charge in [-0.3, -0.25) is 0 Å². The van der Waals surface area contributed by atoms with E-state index in [9.17, 15) is 9.18 Å². The fraction of sp³-hybridized carbons (Fsp3) is 0.312. The van der Waals surface area contributed by atoms with Gasteiger partial charge in [-0.1, -0.05) is 12.1 Å². The van der Waals surface area contributed by atoms with E-state index >= 15 is 0 Å². The Labute approximate surface area is 122 Å². The Hall–Kier alpha value is -2.14. The van der Waals surface area contributed by atoms with E-state index in [0.717, 1.165) is 12.0 Å². The highest BCUT2D eigenvalue weighted by molar-refractivity contribution is 5.86. The van der Waals surface area contributed by atoms with Crippen LogP contribution >= 0.6 is 0 Å². The van der Waals surface area contributed by atoms with E-state index in [0.29, 0.717) is 12.3 Å². The van der Waals surface area contributed by atoms with Gasteiger partial charge in [-0.2, -0.15) is 0 Å². The smallest absolute Gasteiger partial charge is 0.373 e. The summed E-state index contributed by atoms with van der Waals surface area (Å²) in [4.78, 5) is 11.3. The number of halogens is 1. The average molecular weight is 291 g/mol. The molecule has 0 radical (unpaired) electrons. The van der Waals surface area contributed by atoms with Gasteiger partial charge in [-0.15, -0.1) is 0 Å². The zero-order chi connectivity index (χ0) is 15.2. The minimum absolute atomic E-state index is 0.195. The summed E-state index contributed by atoms with van der Waals surface area (Å²) >= 11 is 0. The molecule has 1 N–H and O–H groups in total. The number of nitrogens with one attached hydrogen (secondary N) is 1. The Morgan fingerprint density at radius 1 is 1.29 bits per heavy atom. The maximum atomic E-state index is 12.8. The Morgan fingerprint density at radius 2 is 2.00 bits per heavy atom. The summed E-state index contributed by atoms with van der Waals surface area (Å²) in [5.41, 5.74) is 1.06. The Morgan fingerprint density at radius 3 is 2.67 bits per heavy atom. The fourth-order valence-electron chi connectivity index (χ4n) is 2.00. The number of benzene rings is 1. The lowest BCUT2D eigenvalue weighted by Gasteiger charge is -2.12. The van der Waals surface area contributed by atoms with Crippen LogP contribution in [0.2, 0.25) is 0 Å². The minimum atomic E-state index is -0.486. The number of carbonyl (C=O) groups is 1. The van der Waals surface area contributed by atoms with E-state index in [1.165, 1.54) is 19.2 Å². The molecule has 0 saturated heterocycles. The molecule has 0 spiro atoms. The number of hydrogen-bond donors (Lipinski definition) is 1. The topological polar surface area (TPSA) is 51.5 Å². The summed E-state index contributed by atoms with van der Waals surface area (Å²) in [5, 5.41) is 3.29. The van der Waals surface area contributed by atoms with Crippen molar-refractivity contribution in [1.82, 2.24) is 5.32 Å². The molecule has 0 aliphatic carbocycles. The third-order valence-corrected chi connectivity index (χ3v) is 3.13. The molecule has 112 valence electrons. The van der Waals surface area contributed by atoms with Gasteiger partial charge in [0.2, 0.25) is 5.76 Å². The van der Waals surface area contributed by atoms with Crippen molar-refractivity contribution in [2.75, 3.05) is 7.11 Å². The van der Waals surface area contributed by atoms with Crippen LogP contribution in [0.4, 0.5) is 4.39 Å². The quantitative estimate of drug-likeness (QED) is 0.831. The highest BCUT2D eigenvalue weighted by atomic mass is 19.1. The molecule has 1 heterocycles. The number of ether oxygens (including phenoxy) is 1. The van der Waals surface area contributed by atoms with Crippen molar-refractivity contribution in [2.45, 2.75) is 25.9 Å². The number of furan rings is 1. The lowest BCUT2D eigenvalue weighted by molar-refractivity contribution is 0.0563. The zero-order valence-electron chi connectivity index (χ0n) is 12.1. The SMILES string of the molecule is COC(=O)c1ccc(CNC(C)Cc2ccc(F)cc2)o1. The van der Waals surface area contributed by atoms with Crippen molar-refractivity contribution < 1.29 is 18.3 Å². The first-order chi connectivity index (χ1) is 10.1. The van der Waals surface area contributed by atoms with Crippen LogP contribution in [0, 0.1) is 5.82 Å². The molecule has 0 amide bonds. The summed E-state index contributed by atoms with van der Waals surface area (Å²) in [6.45, 7) is 2.55. The normalized spacial score (nSPS) is 12.1.